The van der Waals surface area contributed by atoms with Crippen LogP contribution in [0.5, 0.6) is 5.75 Å². The number of ether oxygens (including phenoxy) is 1. The third kappa shape index (κ3) is 3.86. The summed E-state index contributed by atoms with van der Waals surface area (Å²) in [6.07, 6.45) is 4.57. The van der Waals surface area contributed by atoms with Gasteiger partial charge in [-0.25, -0.2) is 4.98 Å². The van der Waals surface area contributed by atoms with E-state index >= 15 is 0 Å². The molecule has 0 fully saturated rings. The van der Waals surface area contributed by atoms with E-state index in [0.717, 1.165) is 16.4 Å². The van der Waals surface area contributed by atoms with Gasteiger partial charge in [-0.2, -0.15) is 0 Å². The number of pyridine rings is 1. The smallest absolute Gasteiger partial charge is 0.143 e. The average Bonchev–Trinajstić information content (AvgIpc) is 2.97. The fourth-order valence-corrected chi connectivity index (χ4v) is 2.92. The van der Waals surface area contributed by atoms with E-state index in [0.29, 0.717) is 17.5 Å². The molecule has 3 rings (SSSR count). The maximum absolute atomic E-state index is 5.89. The van der Waals surface area contributed by atoms with E-state index in [2.05, 4.69) is 55.6 Å². The van der Waals surface area contributed by atoms with Gasteiger partial charge in [0.15, 0.2) is 0 Å². The Balaban J connectivity index is 1.67. The number of aromatic nitrogens is 2. The van der Waals surface area contributed by atoms with Gasteiger partial charge in [0.1, 0.15) is 17.5 Å². The molecule has 2 aromatic heterocycles. The summed E-state index contributed by atoms with van der Waals surface area (Å²) in [6, 6.07) is 10.3. The van der Waals surface area contributed by atoms with Crippen LogP contribution < -0.4 is 10.1 Å². The second kappa shape index (κ2) is 7.34. The van der Waals surface area contributed by atoms with Crippen LogP contribution in [0.25, 0.3) is 10.9 Å². The van der Waals surface area contributed by atoms with Gasteiger partial charge >= 0.3 is 0 Å². The minimum absolute atomic E-state index is 0.198. The number of benzene rings is 1. The van der Waals surface area contributed by atoms with E-state index in [-0.39, 0.29) is 6.04 Å². The Hall–Kier alpha value is -1.56. The summed E-state index contributed by atoms with van der Waals surface area (Å²) in [5, 5.41) is 4.99. The molecular weight excluding hydrogens is 378 g/mol. The molecular formula is C17H17BrClN3O. The SMILES string of the molecule is CN[C@H](COc1cnc(Cl)c(Br)c1)Cc1c[nH]c2ccccc12. The molecule has 3 aromatic rings. The van der Waals surface area contributed by atoms with Crippen molar-refractivity contribution in [2.75, 3.05) is 13.7 Å². The third-order valence-electron chi connectivity index (χ3n) is 3.77. The molecule has 0 saturated heterocycles. The topological polar surface area (TPSA) is 49.9 Å². The van der Waals surface area contributed by atoms with E-state index in [1.54, 1.807) is 6.20 Å². The van der Waals surface area contributed by atoms with Crippen molar-refractivity contribution in [3.05, 3.63) is 57.9 Å². The van der Waals surface area contributed by atoms with Crippen molar-refractivity contribution in [3.63, 3.8) is 0 Å². The summed E-state index contributed by atoms with van der Waals surface area (Å²) in [7, 11) is 1.94. The van der Waals surface area contributed by atoms with Crippen LogP contribution in [-0.2, 0) is 6.42 Å². The van der Waals surface area contributed by atoms with Crippen molar-refractivity contribution in [1.29, 1.82) is 0 Å². The summed E-state index contributed by atoms with van der Waals surface area (Å²) in [6.45, 7) is 0.547. The number of H-pyrrole nitrogens is 1. The molecule has 0 aliphatic carbocycles. The van der Waals surface area contributed by atoms with Crippen LogP contribution in [0, 0.1) is 0 Å². The van der Waals surface area contributed by atoms with Crippen LogP contribution in [0.3, 0.4) is 0 Å². The molecule has 23 heavy (non-hydrogen) atoms. The zero-order valence-electron chi connectivity index (χ0n) is 12.6. The third-order valence-corrected chi connectivity index (χ3v) is 4.91. The zero-order chi connectivity index (χ0) is 16.2. The van der Waals surface area contributed by atoms with Crippen LogP contribution in [0.1, 0.15) is 5.56 Å². The molecule has 120 valence electrons. The molecule has 1 aromatic carbocycles. The van der Waals surface area contributed by atoms with Crippen molar-refractivity contribution in [1.82, 2.24) is 15.3 Å². The lowest BCUT2D eigenvalue weighted by Gasteiger charge is -2.17. The Morgan fingerprint density at radius 1 is 1.39 bits per heavy atom. The van der Waals surface area contributed by atoms with Gasteiger partial charge in [-0.15, -0.1) is 0 Å². The maximum Gasteiger partial charge on any atom is 0.143 e. The van der Waals surface area contributed by atoms with Crippen molar-refractivity contribution >= 4 is 38.4 Å². The lowest BCUT2D eigenvalue weighted by molar-refractivity contribution is 0.269. The summed E-state index contributed by atoms with van der Waals surface area (Å²) in [5.74, 6) is 0.695. The molecule has 0 unspecified atom stereocenters. The monoisotopic (exact) mass is 393 g/mol. The number of hydrogen-bond donors (Lipinski definition) is 2. The van der Waals surface area contributed by atoms with Gasteiger partial charge in [0.25, 0.3) is 0 Å². The molecule has 0 amide bonds. The zero-order valence-corrected chi connectivity index (χ0v) is 15.0. The first-order chi connectivity index (χ1) is 11.2. The Morgan fingerprint density at radius 3 is 3.00 bits per heavy atom. The first-order valence-electron chi connectivity index (χ1n) is 7.33. The highest BCUT2D eigenvalue weighted by molar-refractivity contribution is 9.10. The number of nitrogens with one attached hydrogen (secondary N) is 2. The van der Waals surface area contributed by atoms with Crippen molar-refractivity contribution in [2.24, 2.45) is 0 Å². The number of rotatable bonds is 6. The molecule has 2 N–H and O–H groups in total. The minimum Gasteiger partial charge on any atom is -0.490 e. The Bertz CT molecular complexity index is 805. The molecule has 2 heterocycles. The van der Waals surface area contributed by atoms with Gasteiger partial charge in [-0.3, -0.25) is 0 Å². The van der Waals surface area contributed by atoms with Gasteiger partial charge in [0, 0.05) is 23.1 Å². The Kier molecular flexibility index (Phi) is 5.20. The summed E-state index contributed by atoms with van der Waals surface area (Å²) >= 11 is 9.24. The van der Waals surface area contributed by atoms with E-state index in [1.165, 1.54) is 10.9 Å². The lowest BCUT2D eigenvalue weighted by atomic mass is 10.1. The molecule has 0 radical (unpaired) electrons. The minimum atomic E-state index is 0.198. The molecule has 6 heteroatoms. The van der Waals surface area contributed by atoms with E-state index in [9.17, 15) is 0 Å². The number of para-hydroxylation sites is 1. The quantitative estimate of drug-likeness (QED) is 0.616. The second-order valence-electron chi connectivity index (χ2n) is 5.30. The van der Waals surface area contributed by atoms with Crippen molar-refractivity contribution in [2.45, 2.75) is 12.5 Å². The molecule has 0 bridgehead atoms. The van der Waals surface area contributed by atoms with Gasteiger partial charge in [0.05, 0.1) is 10.7 Å². The first-order valence-corrected chi connectivity index (χ1v) is 8.50. The average molecular weight is 395 g/mol. The molecule has 0 spiro atoms. The van der Waals surface area contributed by atoms with Gasteiger partial charge in [0.2, 0.25) is 0 Å². The molecule has 0 saturated carbocycles. The van der Waals surface area contributed by atoms with Gasteiger partial charge < -0.3 is 15.0 Å². The summed E-state index contributed by atoms with van der Waals surface area (Å²) < 4.78 is 6.56. The number of hydrogen-bond acceptors (Lipinski definition) is 3. The molecule has 0 aliphatic heterocycles. The number of aromatic amines is 1. The van der Waals surface area contributed by atoms with Gasteiger partial charge in [-0.1, -0.05) is 29.8 Å². The number of likely N-dealkylation sites (N-methyl/N-ethyl adjacent to an activating group) is 1. The lowest BCUT2D eigenvalue weighted by Crippen LogP contribution is -2.33. The number of nitrogens with zero attached hydrogens (tertiary/aromatic N) is 1. The highest BCUT2D eigenvalue weighted by atomic mass is 79.9. The van der Waals surface area contributed by atoms with Crippen LogP contribution >= 0.6 is 27.5 Å². The Labute approximate surface area is 148 Å². The van der Waals surface area contributed by atoms with E-state index < -0.39 is 0 Å². The highest BCUT2D eigenvalue weighted by Gasteiger charge is 2.12. The van der Waals surface area contributed by atoms with Crippen molar-refractivity contribution < 1.29 is 4.74 Å². The largest absolute Gasteiger partial charge is 0.490 e. The number of fused-ring (bicyclic) bond motifs is 1. The van der Waals surface area contributed by atoms with E-state index in [4.69, 9.17) is 16.3 Å². The molecule has 0 aliphatic rings. The van der Waals surface area contributed by atoms with E-state index in [1.807, 2.05) is 19.2 Å². The predicted molar refractivity (Wildman–Crippen MR) is 97.3 cm³/mol. The number of halogens is 2. The summed E-state index contributed by atoms with van der Waals surface area (Å²) in [4.78, 5) is 7.37. The van der Waals surface area contributed by atoms with Crippen molar-refractivity contribution in [3.8, 4) is 5.75 Å². The normalized spacial score (nSPS) is 12.5. The molecule has 4 nitrogen and oxygen atoms in total. The van der Waals surface area contributed by atoms with Crippen LogP contribution in [-0.4, -0.2) is 29.7 Å². The second-order valence-corrected chi connectivity index (χ2v) is 6.52. The summed E-state index contributed by atoms with van der Waals surface area (Å²) in [5.41, 5.74) is 2.43. The highest BCUT2D eigenvalue weighted by Crippen LogP contribution is 2.24. The van der Waals surface area contributed by atoms with Crippen LogP contribution in [0.2, 0.25) is 5.15 Å². The molecule has 1 atom stereocenters. The standard InChI is InChI=1S/C17H17BrClN3O/c1-20-12(10-23-13-7-15(18)17(19)22-9-13)6-11-8-21-16-5-3-2-4-14(11)16/h2-5,7-9,12,20-21H,6,10H2,1H3/t12-/m0/s1. The van der Waals surface area contributed by atoms with Gasteiger partial charge in [-0.05, 0) is 47.1 Å². The maximum atomic E-state index is 5.89. The first kappa shape index (κ1) is 16.3. The van der Waals surface area contributed by atoms with Crippen LogP contribution in [0.15, 0.2) is 47.2 Å². The fraction of sp³-hybridized carbons (Fsp3) is 0.235. The Morgan fingerprint density at radius 2 is 2.22 bits per heavy atom. The van der Waals surface area contributed by atoms with Crippen LogP contribution in [0.4, 0.5) is 0 Å². The predicted octanol–water partition coefficient (Wildman–Crippen LogP) is 4.19. The fourth-order valence-electron chi connectivity index (χ4n) is 2.49.